The van der Waals surface area contributed by atoms with Gasteiger partial charge in [0.15, 0.2) is 9.84 Å². The third-order valence-corrected chi connectivity index (χ3v) is 10.4. The number of aromatic nitrogens is 5. The van der Waals surface area contributed by atoms with Crippen molar-refractivity contribution in [3.8, 4) is 11.3 Å². The molecule has 0 unspecified atom stereocenters. The number of fused-ring (bicyclic) bond motifs is 3. The number of anilines is 1. The van der Waals surface area contributed by atoms with Crippen LogP contribution in [0, 0.1) is 5.92 Å². The molecule has 0 radical (unpaired) electrons. The van der Waals surface area contributed by atoms with E-state index in [9.17, 15) is 16.8 Å². The SMILES string of the molecule is CC(C)[C@@H](Nc1ncnc2[nH]c(-c3ccc(S(N)(=O)=O)c4nsnc34)cc12)c1ccc2c(c1)S(=O)(=O)CCC2. The highest BCUT2D eigenvalue weighted by atomic mass is 32.2. The van der Waals surface area contributed by atoms with Crippen LogP contribution in [0.25, 0.3) is 33.3 Å². The fraction of sp³-hybridized carbons (Fsp3) is 0.280. The monoisotopic (exact) mass is 583 g/mol. The Labute approximate surface area is 229 Å². The van der Waals surface area contributed by atoms with E-state index in [0.29, 0.717) is 39.6 Å². The smallest absolute Gasteiger partial charge is 0.240 e. The molecule has 0 fully saturated rings. The van der Waals surface area contributed by atoms with E-state index in [0.717, 1.165) is 34.7 Å². The number of sulfonamides is 1. The number of H-pyrrole nitrogens is 1. The van der Waals surface area contributed by atoms with Gasteiger partial charge >= 0.3 is 0 Å². The van der Waals surface area contributed by atoms with Crippen LogP contribution in [0.15, 0.2) is 52.5 Å². The van der Waals surface area contributed by atoms with E-state index < -0.39 is 19.9 Å². The molecule has 0 saturated carbocycles. The Kier molecular flexibility index (Phi) is 6.17. The lowest BCUT2D eigenvalue weighted by Crippen LogP contribution is -2.20. The Morgan fingerprint density at radius 1 is 1.08 bits per heavy atom. The summed E-state index contributed by atoms with van der Waals surface area (Å²) in [6.45, 7) is 4.12. The Hall–Kier alpha value is -3.46. The molecule has 11 nitrogen and oxygen atoms in total. The third kappa shape index (κ3) is 4.56. The molecular formula is C25H25N7O4S3. The number of nitrogens with zero attached hydrogens (tertiary/aromatic N) is 4. The summed E-state index contributed by atoms with van der Waals surface area (Å²) in [6.07, 6.45) is 2.85. The predicted octanol–water partition coefficient (Wildman–Crippen LogP) is 3.81. The Balaban J connectivity index is 1.41. The van der Waals surface area contributed by atoms with Gasteiger partial charge in [0.1, 0.15) is 33.7 Å². The zero-order valence-electron chi connectivity index (χ0n) is 21.0. The second-order valence-electron chi connectivity index (χ2n) is 9.94. The summed E-state index contributed by atoms with van der Waals surface area (Å²) in [6, 6.07) is 10.4. The normalized spacial score (nSPS) is 16.0. The van der Waals surface area contributed by atoms with Gasteiger partial charge in [0.25, 0.3) is 0 Å². The van der Waals surface area contributed by atoms with E-state index in [1.165, 1.54) is 12.4 Å². The number of rotatable bonds is 6. The van der Waals surface area contributed by atoms with E-state index in [4.69, 9.17) is 5.14 Å². The van der Waals surface area contributed by atoms with E-state index in [1.807, 2.05) is 18.2 Å². The molecule has 6 rings (SSSR count). The van der Waals surface area contributed by atoms with E-state index in [-0.39, 0.29) is 28.1 Å². The zero-order valence-corrected chi connectivity index (χ0v) is 23.5. The first-order valence-corrected chi connectivity index (χ1v) is 16.2. The Morgan fingerprint density at radius 3 is 2.64 bits per heavy atom. The van der Waals surface area contributed by atoms with Crippen LogP contribution < -0.4 is 10.5 Å². The molecule has 5 aromatic rings. The molecule has 3 aromatic heterocycles. The number of primary sulfonamides is 1. The summed E-state index contributed by atoms with van der Waals surface area (Å²) < 4.78 is 58.0. The van der Waals surface area contributed by atoms with Crippen molar-refractivity contribution >= 4 is 59.5 Å². The van der Waals surface area contributed by atoms with Crippen molar-refractivity contribution in [1.82, 2.24) is 23.7 Å². The molecule has 0 aliphatic carbocycles. The molecule has 0 bridgehead atoms. The highest BCUT2D eigenvalue weighted by molar-refractivity contribution is 7.91. The van der Waals surface area contributed by atoms with Crippen LogP contribution in [0.1, 0.15) is 37.4 Å². The summed E-state index contributed by atoms with van der Waals surface area (Å²) in [5.74, 6) is 0.863. The van der Waals surface area contributed by atoms with Crippen molar-refractivity contribution in [3.63, 3.8) is 0 Å². The summed E-state index contributed by atoms with van der Waals surface area (Å²) in [5.41, 5.74) is 4.24. The van der Waals surface area contributed by atoms with E-state index >= 15 is 0 Å². The first kappa shape index (κ1) is 25.8. The molecule has 4 heterocycles. The molecule has 4 N–H and O–H groups in total. The first-order valence-electron chi connectivity index (χ1n) is 12.3. The van der Waals surface area contributed by atoms with Crippen molar-refractivity contribution in [1.29, 1.82) is 0 Å². The lowest BCUT2D eigenvalue weighted by atomic mass is 9.94. The van der Waals surface area contributed by atoms with Crippen LogP contribution in [-0.4, -0.2) is 46.3 Å². The number of hydrogen-bond acceptors (Lipinski definition) is 10. The number of benzene rings is 2. The fourth-order valence-electron chi connectivity index (χ4n) is 5.10. The molecule has 0 saturated heterocycles. The van der Waals surface area contributed by atoms with Gasteiger partial charge in [-0.3, -0.25) is 0 Å². The van der Waals surface area contributed by atoms with Gasteiger partial charge in [-0.1, -0.05) is 26.0 Å². The topological polar surface area (TPSA) is 174 Å². The molecule has 202 valence electrons. The number of aryl methyl sites for hydroxylation is 1. The predicted molar refractivity (Wildman–Crippen MR) is 150 cm³/mol. The Bertz CT molecular complexity index is 1960. The molecule has 2 aromatic carbocycles. The molecule has 1 atom stereocenters. The van der Waals surface area contributed by atoms with Crippen LogP contribution in [-0.2, 0) is 26.3 Å². The van der Waals surface area contributed by atoms with Crippen LogP contribution in [0.4, 0.5) is 5.82 Å². The zero-order chi connectivity index (χ0) is 27.5. The molecule has 1 aliphatic heterocycles. The summed E-state index contributed by atoms with van der Waals surface area (Å²) in [5, 5.41) is 9.59. The van der Waals surface area contributed by atoms with Crippen molar-refractivity contribution in [2.45, 2.75) is 42.5 Å². The molecule has 39 heavy (non-hydrogen) atoms. The van der Waals surface area contributed by atoms with Crippen molar-refractivity contribution in [2.24, 2.45) is 11.1 Å². The van der Waals surface area contributed by atoms with E-state index in [2.05, 4.69) is 42.9 Å². The largest absolute Gasteiger partial charge is 0.362 e. The van der Waals surface area contributed by atoms with Gasteiger partial charge < -0.3 is 10.3 Å². The van der Waals surface area contributed by atoms with Gasteiger partial charge in [-0.15, -0.1) is 0 Å². The summed E-state index contributed by atoms with van der Waals surface area (Å²) >= 11 is 0.904. The van der Waals surface area contributed by atoms with Crippen LogP contribution in [0.2, 0.25) is 0 Å². The maximum Gasteiger partial charge on any atom is 0.240 e. The van der Waals surface area contributed by atoms with Gasteiger partial charge in [-0.05, 0) is 54.2 Å². The minimum atomic E-state index is -3.97. The first-order chi connectivity index (χ1) is 18.5. The Morgan fingerprint density at radius 2 is 1.87 bits per heavy atom. The van der Waals surface area contributed by atoms with Crippen molar-refractivity contribution in [3.05, 3.63) is 53.9 Å². The van der Waals surface area contributed by atoms with Crippen LogP contribution >= 0.6 is 11.7 Å². The van der Waals surface area contributed by atoms with Crippen molar-refractivity contribution in [2.75, 3.05) is 11.1 Å². The number of sulfone groups is 1. The lowest BCUT2D eigenvalue weighted by Gasteiger charge is -2.26. The number of aromatic amines is 1. The van der Waals surface area contributed by atoms with Crippen LogP contribution in [0.3, 0.4) is 0 Å². The number of nitrogens with one attached hydrogen (secondary N) is 2. The highest BCUT2D eigenvalue weighted by Gasteiger charge is 2.27. The summed E-state index contributed by atoms with van der Waals surface area (Å²) in [4.78, 5) is 12.5. The second-order valence-corrected chi connectivity index (χ2v) is 14.1. The molecule has 0 amide bonds. The maximum absolute atomic E-state index is 12.7. The molecular weight excluding hydrogens is 559 g/mol. The maximum atomic E-state index is 12.7. The van der Waals surface area contributed by atoms with Gasteiger partial charge in [0.05, 0.1) is 39.5 Å². The quantitative estimate of drug-likeness (QED) is 0.268. The van der Waals surface area contributed by atoms with Gasteiger partial charge in [0, 0.05) is 5.56 Å². The third-order valence-electron chi connectivity index (χ3n) is 7.00. The highest BCUT2D eigenvalue weighted by Crippen LogP contribution is 2.36. The fourth-order valence-corrected chi connectivity index (χ4v) is 8.03. The van der Waals surface area contributed by atoms with Gasteiger partial charge in [-0.2, -0.15) is 8.75 Å². The lowest BCUT2D eigenvalue weighted by molar-refractivity contribution is 0.542. The minimum Gasteiger partial charge on any atom is -0.362 e. The molecule has 1 aliphatic rings. The van der Waals surface area contributed by atoms with Crippen LogP contribution in [0.5, 0.6) is 0 Å². The molecule has 14 heteroatoms. The molecule has 0 spiro atoms. The second kappa shape index (κ2) is 9.33. The van der Waals surface area contributed by atoms with Crippen molar-refractivity contribution < 1.29 is 16.8 Å². The number of nitrogens with two attached hydrogens (primary N) is 1. The van der Waals surface area contributed by atoms with Gasteiger partial charge in [0.2, 0.25) is 10.0 Å². The average Bonchev–Trinajstić information content (AvgIpc) is 3.53. The average molecular weight is 584 g/mol. The summed E-state index contributed by atoms with van der Waals surface area (Å²) in [7, 11) is -7.27. The minimum absolute atomic E-state index is 0.0832. The van der Waals surface area contributed by atoms with Gasteiger partial charge in [-0.25, -0.2) is 31.9 Å². The van der Waals surface area contributed by atoms with E-state index in [1.54, 1.807) is 12.1 Å². The number of hydrogen-bond donors (Lipinski definition) is 3. The standard InChI is InChI=1S/C25H25N7O4S3/c1-13(2)21(15-6-5-14-4-3-9-38(33,34)20(14)10-15)30-25-17-11-18(29-24(17)27-12-28-25)16-7-8-19(39(26,35)36)23-22(16)31-37-32-23/h5-8,10-13,21H,3-4,9H2,1-2H3,(H2,26,35,36)(H2,27,28,29,30)/t21-/m1/s1.